The summed E-state index contributed by atoms with van der Waals surface area (Å²) < 4.78 is 3.31. The molecule has 1 saturated heterocycles. The number of aromatic nitrogens is 5. The Labute approximate surface area is 171 Å². The van der Waals surface area contributed by atoms with Gasteiger partial charge in [0, 0.05) is 31.9 Å². The van der Waals surface area contributed by atoms with Gasteiger partial charge in [0.1, 0.15) is 11.4 Å². The number of nitrogens with one attached hydrogen (secondary N) is 1. The lowest BCUT2D eigenvalue weighted by molar-refractivity contribution is 0.101. The number of hydrogen-bond donors (Lipinski definition) is 1. The smallest absolute Gasteiger partial charge is 0.275 e. The second kappa shape index (κ2) is 7.32. The minimum atomic E-state index is -0.239. The van der Waals surface area contributed by atoms with Crippen LogP contribution in [0.3, 0.4) is 0 Å². The highest BCUT2D eigenvalue weighted by molar-refractivity contribution is 7.20. The van der Waals surface area contributed by atoms with Gasteiger partial charge in [0.15, 0.2) is 5.82 Å². The number of imidazole rings is 1. The van der Waals surface area contributed by atoms with Crippen molar-refractivity contribution in [2.45, 2.75) is 19.3 Å². The van der Waals surface area contributed by atoms with Crippen molar-refractivity contribution >= 4 is 33.2 Å². The lowest BCUT2D eigenvalue weighted by atomic mass is 10.1. The van der Waals surface area contributed by atoms with Crippen molar-refractivity contribution in [3.05, 3.63) is 48.3 Å². The van der Waals surface area contributed by atoms with Crippen molar-refractivity contribution in [1.29, 1.82) is 0 Å². The summed E-state index contributed by atoms with van der Waals surface area (Å²) >= 11 is 1.56. The average molecular weight is 408 g/mol. The van der Waals surface area contributed by atoms with Crippen LogP contribution in [-0.2, 0) is 7.05 Å². The van der Waals surface area contributed by atoms with Crippen LogP contribution in [0.1, 0.15) is 29.8 Å². The molecule has 0 aliphatic carbocycles. The molecule has 0 unspecified atom stereocenters. The summed E-state index contributed by atoms with van der Waals surface area (Å²) in [5, 5.41) is 12.9. The van der Waals surface area contributed by atoms with Gasteiger partial charge in [0.2, 0.25) is 10.1 Å². The van der Waals surface area contributed by atoms with E-state index in [1.165, 1.54) is 19.3 Å². The third-order valence-corrected chi connectivity index (χ3v) is 6.12. The summed E-state index contributed by atoms with van der Waals surface area (Å²) in [5.74, 6) is 0.341. The Bertz CT molecular complexity index is 1150. The van der Waals surface area contributed by atoms with Crippen molar-refractivity contribution in [2.75, 3.05) is 23.3 Å². The van der Waals surface area contributed by atoms with E-state index < -0.39 is 0 Å². The first kappa shape index (κ1) is 17.9. The fraction of sp³-hybridized carbons (Fsp3) is 0.300. The molecule has 9 heteroatoms. The van der Waals surface area contributed by atoms with Crippen LogP contribution in [0, 0.1) is 0 Å². The molecule has 1 aliphatic rings. The van der Waals surface area contributed by atoms with Crippen LogP contribution >= 0.6 is 11.3 Å². The van der Waals surface area contributed by atoms with Crippen molar-refractivity contribution < 1.29 is 4.79 Å². The van der Waals surface area contributed by atoms with E-state index >= 15 is 0 Å². The lowest BCUT2D eigenvalue weighted by Gasteiger charge is -2.25. The van der Waals surface area contributed by atoms with Crippen molar-refractivity contribution in [3.63, 3.8) is 0 Å². The van der Waals surface area contributed by atoms with Gasteiger partial charge in [0.05, 0.1) is 0 Å². The highest BCUT2D eigenvalue weighted by atomic mass is 32.1. The highest BCUT2D eigenvalue weighted by Gasteiger charge is 2.23. The zero-order valence-electron chi connectivity index (χ0n) is 16.1. The van der Waals surface area contributed by atoms with Gasteiger partial charge in [-0.15, -0.1) is 5.10 Å². The van der Waals surface area contributed by atoms with E-state index in [-0.39, 0.29) is 5.91 Å². The summed E-state index contributed by atoms with van der Waals surface area (Å²) in [6.07, 6.45) is 5.24. The number of hydrogen-bond acceptors (Lipinski definition) is 6. The number of amides is 1. The Morgan fingerprint density at radius 3 is 2.62 bits per heavy atom. The maximum absolute atomic E-state index is 12.9. The van der Waals surface area contributed by atoms with Crippen LogP contribution in [0.5, 0.6) is 0 Å². The maximum atomic E-state index is 12.9. The van der Waals surface area contributed by atoms with Gasteiger partial charge < -0.3 is 10.2 Å². The van der Waals surface area contributed by atoms with Crippen LogP contribution in [-0.4, -0.2) is 43.4 Å². The quantitative estimate of drug-likeness (QED) is 0.561. The summed E-state index contributed by atoms with van der Waals surface area (Å²) in [7, 11) is 1.75. The van der Waals surface area contributed by atoms with Gasteiger partial charge in [-0.1, -0.05) is 41.7 Å². The van der Waals surface area contributed by atoms with Gasteiger partial charge in [-0.05, 0) is 25.3 Å². The SMILES string of the molecule is Cn1nccc1C(=O)Nc1c(-c2ccccc2)nc2sc(N3CCCCC3)nn12. The van der Waals surface area contributed by atoms with Gasteiger partial charge in [-0.3, -0.25) is 9.48 Å². The molecule has 4 heterocycles. The second-order valence-corrected chi connectivity index (χ2v) is 8.03. The van der Waals surface area contributed by atoms with E-state index in [2.05, 4.69) is 15.3 Å². The fourth-order valence-electron chi connectivity index (χ4n) is 3.63. The number of piperidine rings is 1. The normalized spacial score (nSPS) is 14.4. The summed E-state index contributed by atoms with van der Waals surface area (Å²) in [4.78, 5) is 20.8. The molecule has 3 aromatic heterocycles. The molecule has 1 aliphatic heterocycles. The first-order valence-electron chi connectivity index (χ1n) is 9.70. The number of fused-ring (bicyclic) bond motifs is 1. The number of carbonyl (C=O) groups is 1. The van der Waals surface area contributed by atoms with Crippen LogP contribution in [0.2, 0.25) is 0 Å². The summed E-state index contributed by atoms with van der Waals surface area (Å²) in [5.41, 5.74) is 2.13. The minimum absolute atomic E-state index is 0.239. The topological polar surface area (TPSA) is 80.3 Å². The fourth-order valence-corrected chi connectivity index (χ4v) is 4.58. The van der Waals surface area contributed by atoms with Gasteiger partial charge in [-0.25, -0.2) is 4.98 Å². The number of benzene rings is 1. The molecule has 5 rings (SSSR count). The van der Waals surface area contributed by atoms with Gasteiger partial charge >= 0.3 is 0 Å². The van der Waals surface area contributed by atoms with Crippen LogP contribution < -0.4 is 10.2 Å². The Kier molecular flexibility index (Phi) is 4.51. The molecule has 1 fully saturated rings. The summed E-state index contributed by atoms with van der Waals surface area (Å²) in [6, 6.07) is 11.5. The third kappa shape index (κ3) is 3.27. The number of anilines is 2. The molecule has 1 aromatic carbocycles. The molecule has 148 valence electrons. The predicted octanol–water partition coefficient (Wildman–Crippen LogP) is 3.43. The molecular weight excluding hydrogens is 386 g/mol. The number of aryl methyl sites for hydroxylation is 1. The van der Waals surface area contributed by atoms with Crippen LogP contribution in [0.15, 0.2) is 42.6 Å². The molecule has 1 amide bonds. The standard InChI is InChI=1S/C20H21N7OS/c1-25-15(10-11-21-25)18(28)23-17-16(14-8-4-2-5-9-14)22-19-27(17)24-20(29-19)26-12-6-3-7-13-26/h2,4-5,8-11H,3,6-7,12-13H2,1H3,(H,23,28). The molecular formula is C20H21N7OS. The molecule has 8 nitrogen and oxygen atoms in total. The predicted molar refractivity (Wildman–Crippen MR) is 114 cm³/mol. The second-order valence-electron chi connectivity index (χ2n) is 7.10. The Morgan fingerprint density at radius 2 is 1.90 bits per heavy atom. The first-order chi connectivity index (χ1) is 14.2. The van der Waals surface area contributed by atoms with Gasteiger partial charge in [-0.2, -0.15) is 9.61 Å². The zero-order chi connectivity index (χ0) is 19.8. The maximum Gasteiger partial charge on any atom is 0.275 e. The van der Waals surface area contributed by atoms with Gasteiger partial charge in [0.25, 0.3) is 5.91 Å². The van der Waals surface area contributed by atoms with E-state index in [1.807, 2.05) is 30.3 Å². The molecule has 4 aromatic rings. The number of rotatable bonds is 4. The molecule has 0 bridgehead atoms. The molecule has 0 atom stereocenters. The molecule has 29 heavy (non-hydrogen) atoms. The Balaban J connectivity index is 1.58. The lowest BCUT2D eigenvalue weighted by Crippen LogP contribution is -2.29. The van der Waals surface area contributed by atoms with Crippen LogP contribution in [0.4, 0.5) is 10.9 Å². The first-order valence-corrected chi connectivity index (χ1v) is 10.5. The largest absolute Gasteiger partial charge is 0.347 e. The highest BCUT2D eigenvalue weighted by Crippen LogP contribution is 2.34. The average Bonchev–Trinajstić information content (AvgIpc) is 3.45. The Morgan fingerprint density at radius 1 is 1.10 bits per heavy atom. The van der Waals surface area contributed by atoms with E-state index in [0.29, 0.717) is 17.2 Å². The van der Waals surface area contributed by atoms with E-state index in [4.69, 9.17) is 10.1 Å². The number of carbonyl (C=O) groups excluding carboxylic acids is 1. The third-order valence-electron chi connectivity index (χ3n) is 5.15. The van der Waals surface area contributed by atoms with Crippen molar-refractivity contribution in [3.8, 4) is 11.3 Å². The molecule has 1 N–H and O–H groups in total. The number of nitrogens with zero attached hydrogens (tertiary/aromatic N) is 6. The van der Waals surface area contributed by atoms with E-state index in [0.717, 1.165) is 28.7 Å². The monoisotopic (exact) mass is 407 g/mol. The van der Waals surface area contributed by atoms with E-state index in [9.17, 15) is 4.79 Å². The van der Waals surface area contributed by atoms with Crippen molar-refractivity contribution in [2.24, 2.45) is 7.05 Å². The zero-order valence-corrected chi connectivity index (χ0v) is 16.9. The summed E-state index contributed by atoms with van der Waals surface area (Å²) in [6.45, 7) is 2.03. The Hall–Kier alpha value is -3.20. The van der Waals surface area contributed by atoms with Crippen molar-refractivity contribution in [1.82, 2.24) is 24.4 Å². The molecule has 0 radical (unpaired) electrons. The molecule has 0 saturated carbocycles. The van der Waals surface area contributed by atoms with E-state index in [1.54, 1.807) is 39.8 Å². The molecule has 0 spiro atoms. The minimum Gasteiger partial charge on any atom is -0.347 e. The van der Waals surface area contributed by atoms with Crippen LogP contribution in [0.25, 0.3) is 16.2 Å².